The Morgan fingerprint density at radius 3 is 2.78 bits per heavy atom. The van der Waals surface area contributed by atoms with Crippen LogP contribution in [0.2, 0.25) is 0 Å². The van der Waals surface area contributed by atoms with E-state index >= 15 is 0 Å². The maximum Gasteiger partial charge on any atom is 0.351 e. The Balaban J connectivity index is 2.30. The normalized spacial score (nSPS) is 26.4. The largest absolute Gasteiger partial charge is 0.396 e. The second kappa shape index (κ2) is 4.68. The highest BCUT2D eigenvalue weighted by molar-refractivity contribution is 5.23. The van der Waals surface area contributed by atoms with Gasteiger partial charge in [0, 0.05) is 18.0 Å². The van der Waals surface area contributed by atoms with Crippen molar-refractivity contribution < 1.29 is 14.9 Å². The molecular formula is C11H17N3O4. The number of hydrogen-bond donors (Lipinski definition) is 3. The van der Waals surface area contributed by atoms with Crippen molar-refractivity contribution in [2.24, 2.45) is 5.41 Å². The predicted octanol–water partition coefficient (Wildman–Crippen LogP) is -0.896. The minimum absolute atomic E-state index is 0.151. The second-order valence-electron chi connectivity index (χ2n) is 4.66. The molecule has 0 saturated carbocycles. The van der Waals surface area contributed by atoms with Crippen LogP contribution in [0.5, 0.6) is 0 Å². The molecule has 100 valence electrons. The number of ether oxygens (including phenoxy) is 1. The van der Waals surface area contributed by atoms with Gasteiger partial charge in [-0.3, -0.25) is 4.57 Å². The summed E-state index contributed by atoms with van der Waals surface area (Å²) >= 11 is 0. The fourth-order valence-electron chi connectivity index (χ4n) is 2.19. The number of hydrogen-bond acceptors (Lipinski definition) is 6. The summed E-state index contributed by atoms with van der Waals surface area (Å²) in [6.07, 6.45) is 0.973. The van der Waals surface area contributed by atoms with Crippen molar-refractivity contribution in [3.8, 4) is 0 Å². The Morgan fingerprint density at radius 1 is 1.61 bits per heavy atom. The van der Waals surface area contributed by atoms with Gasteiger partial charge in [0.05, 0.1) is 19.3 Å². The highest BCUT2D eigenvalue weighted by Crippen LogP contribution is 2.42. The molecule has 4 N–H and O–H groups in total. The minimum Gasteiger partial charge on any atom is -0.396 e. The van der Waals surface area contributed by atoms with Crippen LogP contribution in [0.25, 0.3) is 0 Å². The zero-order valence-corrected chi connectivity index (χ0v) is 10.1. The first kappa shape index (κ1) is 13.0. The molecule has 1 aromatic heterocycles. The van der Waals surface area contributed by atoms with E-state index in [1.54, 1.807) is 6.92 Å². The smallest absolute Gasteiger partial charge is 0.351 e. The lowest BCUT2D eigenvalue weighted by Crippen LogP contribution is -2.36. The number of aliphatic hydroxyl groups is 2. The monoisotopic (exact) mass is 255 g/mol. The third kappa shape index (κ3) is 2.00. The molecule has 0 bridgehead atoms. The molecule has 2 heterocycles. The van der Waals surface area contributed by atoms with Gasteiger partial charge in [-0.05, 0) is 13.0 Å². The number of anilines is 1. The number of rotatable bonds is 3. The van der Waals surface area contributed by atoms with Crippen LogP contribution in [0.1, 0.15) is 19.6 Å². The summed E-state index contributed by atoms with van der Waals surface area (Å²) in [4.78, 5) is 15.3. The van der Waals surface area contributed by atoms with Gasteiger partial charge in [-0.2, -0.15) is 4.98 Å². The summed E-state index contributed by atoms with van der Waals surface area (Å²) in [5.41, 5.74) is 4.18. The average molecular weight is 255 g/mol. The average Bonchev–Trinajstić information content (AvgIpc) is 2.67. The van der Waals surface area contributed by atoms with E-state index in [4.69, 9.17) is 10.5 Å². The Hall–Kier alpha value is -1.44. The molecule has 7 heteroatoms. The van der Waals surface area contributed by atoms with Crippen LogP contribution in [0, 0.1) is 5.41 Å². The van der Waals surface area contributed by atoms with Gasteiger partial charge in [0.25, 0.3) is 0 Å². The Kier molecular flexibility index (Phi) is 3.38. The zero-order chi connectivity index (χ0) is 13.3. The number of nitrogens with two attached hydrogens (primary N) is 1. The Bertz CT molecular complexity index is 483. The number of aliphatic hydroxyl groups excluding tert-OH is 2. The third-order valence-electron chi connectivity index (χ3n) is 3.60. The van der Waals surface area contributed by atoms with Gasteiger partial charge in [-0.25, -0.2) is 4.79 Å². The summed E-state index contributed by atoms with van der Waals surface area (Å²) in [7, 11) is 0. The molecule has 1 fully saturated rings. The molecule has 1 aliphatic heterocycles. The zero-order valence-electron chi connectivity index (χ0n) is 10.1. The predicted molar refractivity (Wildman–Crippen MR) is 63.7 cm³/mol. The van der Waals surface area contributed by atoms with Crippen LogP contribution in [0.3, 0.4) is 0 Å². The van der Waals surface area contributed by atoms with Crippen LogP contribution < -0.4 is 11.4 Å². The fraction of sp³-hybridized carbons (Fsp3) is 0.636. The molecule has 7 nitrogen and oxygen atoms in total. The second-order valence-corrected chi connectivity index (χ2v) is 4.66. The van der Waals surface area contributed by atoms with Gasteiger partial charge >= 0.3 is 5.69 Å². The maximum absolute atomic E-state index is 11.7. The van der Waals surface area contributed by atoms with E-state index in [1.807, 2.05) is 0 Å². The molecule has 0 unspecified atom stereocenters. The quantitative estimate of drug-likeness (QED) is 0.646. The molecule has 0 spiro atoms. The number of nitrogen functional groups attached to an aromatic ring is 1. The van der Waals surface area contributed by atoms with Crippen LogP contribution in [0.15, 0.2) is 17.1 Å². The Labute approximate surface area is 104 Å². The molecule has 1 aromatic rings. The van der Waals surface area contributed by atoms with Gasteiger partial charge < -0.3 is 20.7 Å². The van der Waals surface area contributed by atoms with E-state index in [1.165, 1.54) is 16.8 Å². The highest BCUT2D eigenvalue weighted by Gasteiger charge is 2.46. The van der Waals surface area contributed by atoms with Crippen LogP contribution in [-0.2, 0) is 4.74 Å². The summed E-state index contributed by atoms with van der Waals surface area (Å²) < 4.78 is 6.95. The van der Waals surface area contributed by atoms with Crippen molar-refractivity contribution in [2.75, 3.05) is 18.9 Å². The van der Waals surface area contributed by atoms with E-state index < -0.39 is 17.3 Å². The summed E-state index contributed by atoms with van der Waals surface area (Å²) in [6, 6.07) is 1.51. The lowest BCUT2D eigenvalue weighted by Gasteiger charge is -2.26. The van der Waals surface area contributed by atoms with Gasteiger partial charge in [-0.15, -0.1) is 0 Å². The molecule has 2 atom stereocenters. The van der Waals surface area contributed by atoms with E-state index in [0.29, 0.717) is 6.42 Å². The van der Waals surface area contributed by atoms with E-state index in [2.05, 4.69) is 4.98 Å². The standard InChI is InChI=1S/C11H17N3O4/c1-7-11(5-15,6-16)4-9(18-7)14-3-2-8(12)13-10(14)17/h2-3,7,9,15-16H,4-6H2,1H3,(H2,12,13,17)/t7-,9-/m0/s1. The first-order valence-corrected chi connectivity index (χ1v) is 5.74. The number of nitrogens with zero attached hydrogens (tertiary/aromatic N) is 2. The molecule has 1 aliphatic rings. The van der Waals surface area contributed by atoms with E-state index in [-0.39, 0.29) is 25.1 Å². The van der Waals surface area contributed by atoms with Gasteiger partial charge in [-0.1, -0.05) is 0 Å². The molecule has 0 amide bonds. The molecular weight excluding hydrogens is 238 g/mol. The van der Waals surface area contributed by atoms with Crippen molar-refractivity contribution in [3.05, 3.63) is 22.7 Å². The molecule has 0 aliphatic carbocycles. The molecule has 0 radical (unpaired) electrons. The van der Waals surface area contributed by atoms with Crippen molar-refractivity contribution in [1.29, 1.82) is 0 Å². The van der Waals surface area contributed by atoms with Crippen molar-refractivity contribution >= 4 is 5.82 Å². The summed E-state index contributed by atoms with van der Waals surface area (Å²) in [5.74, 6) is 0.151. The molecule has 2 rings (SSSR count). The first-order chi connectivity index (χ1) is 8.52. The Morgan fingerprint density at radius 2 is 2.28 bits per heavy atom. The first-order valence-electron chi connectivity index (χ1n) is 5.74. The fourth-order valence-corrected chi connectivity index (χ4v) is 2.19. The van der Waals surface area contributed by atoms with E-state index in [9.17, 15) is 15.0 Å². The van der Waals surface area contributed by atoms with Crippen molar-refractivity contribution in [2.45, 2.75) is 25.7 Å². The van der Waals surface area contributed by atoms with Crippen LogP contribution >= 0.6 is 0 Å². The minimum atomic E-state index is -0.731. The van der Waals surface area contributed by atoms with Crippen molar-refractivity contribution in [3.63, 3.8) is 0 Å². The lowest BCUT2D eigenvalue weighted by atomic mass is 9.83. The van der Waals surface area contributed by atoms with Gasteiger partial charge in [0.15, 0.2) is 0 Å². The summed E-state index contributed by atoms with van der Waals surface area (Å²) in [6.45, 7) is 1.37. The highest BCUT2D eigenvalue weighted by atomic mass is 16.5. The van der Waals surface area contributed by atoms with Crippen LogP contribution in [0.4, 0.5) is 5.82 Å². The van der Waals surface area contributed by atoms with Crippen molar-refractivity contribution in [1.82, 2.24) is 9.55 Å². The van der Waals surface area contributed by atoms with Gasteiger partial charge in [0.2, 0.25) is 0 Å². The molecule has 1 saturated heterocycles. The van der Waals surface area contributed by atoms with Crippen LogP contribution in [-0.4, -0.2) is 39.1 Å². The van der Waals surface area contributed by atoms with Gasteiger partial charge in [0.1, 0.15) is 12.0 Å². The van der Waals surface area contributed by atoms with E-state index in [0.717, 1.165) is 0 Å². The lowest BCUT2D eigenvalue weighted by molar-refractivity contribution is -0.0367. The molecule has 0 aromatic carbocycles. The number of aromatic nitrogens is 2. The SMILES string of the molecule is C[C@@H]1O[C@H](n2ccc(N)nc2=O)CC1(CO)CO. The summed E-state index contributed by atoms with van der Waals surface area (Å²) in [5, 5.41) is 18.8. The topological polar surface area (TPSA) is 111 Å². The third-order valence-corrected chi connectivity index (χ3v) is 3.60. The maximum atomic E-state index is 11.7. The molecule has 18 heavy (non-hydrogen) atoms.